The van der Waals surface area contributed by atoms with Crippen LogP contribution in [-0.4, -0.2) is 9.38 Å². The highest BCUT2D eigenvalue weighted by Gasteiger charge is 2.12. The van der Waals surface area contributed by atoms with Crippen LogP contribution in [0, 0.1) is 11.6 Å². The predicted molar refractivity (Wildman–Crippen MR) is 66.3 cm³/mol. The van der Waals surface area contributed by atoms with Crippen LogP contribution < -0.4 is 5.73 Å². The molecule has 18 heavy (non-hydrogen) atoms. The average molecular weight is 265 g/mol. The van der Waals surface area contributed by atoms with Gasteiger partial charge in [0.15, 0.2) is 11.6 Å². The zero-order valence-electron chi connectivity index (χ0n) is 9.23. The molecule has 0 saturated heterocycles. The number of hydrogen-bond acceptors (Lipinski definition) is 3. The van der Waals surface area contributed by atoms with E-state index in [1.54, 1.807) is 12.3 Å². The maximum Gasteiger partial charge on any atom is 0.159 e. The van der Waals surface area contributed by atoms with Crippen molar-refractivity contribution in [3.63, 3.8) is 0 Å². The molecule has 2 N–H and O–H groups in total. The number of halogens is 2. The minimum absolute atomic E-state index is 0.293. The molecule has 0 spiro atoms. The maximum atomic E-state index is 13.3. The summed E-state index contributed by atoms with van der Waals surface area (Å²) in [6.07, 6.45) is 1.72. The number of nitrogens with two attached hydrogens (primary N) is 1. The molecule has 0 fully saturated rings. The van der Waals surface area contributed by atoms with Crippen molar-refractivity contribution in [1.29, 1.82) is 0 Å². The first kappa shape index (κ1) is 11.3. The predicted octanol–water partition coefficient (Wildman–Crippen LogP) is 2.80. The molecule has 0 bridgehead atoms. The van der Waals surface area contributed by atoms with Crippen LogP contribution in [-0.2, 0) is 6.54 Å². The smallest absolute Gasteiger partial charge is 0.159 e. The highest BCUT2D eigenvalue weighted by atomic mass is 32.1. The van der Waals surface area contributed by atoms with Gasteiger partial charge < -0.3 is 5.73 Å². The Kier molecular flexibility index (Phi) is 2.61. The van der Waals surface area contributed by atoms with Crippen LogP contribution >= 0.6 is 11.3 Å². The maximum absolute atomic E-state index is 13.3. The van der Waals surface area contributed by atoms with E-state index < -0.39 is 11.6 Å². The van der Waals surface area contributed by atoms with E-state index >= 15 is 0 Å². The summed E-state index contributed by atoms with van der Waals surface area (Å²) in [5, 5.41) is 1.88. The van der Waals surface area contributed by atoms with Crippen molar-refractivity contribution in [2.24, 2.45) is 5.73 Å². The van der Waals surface area contributed by atoms with Gasteiger partial charge in [-0.15, -0.1) is 11.3 Å². The fourth-order valence-corrected chi connectivity index (χ4v) is 2.78. The number of aromatic nitrogens is 2. The number of thiazole rings is 1. The molecule has 3 aromatic rings. The van der Waals surface area contributed by atoms with Crippen molar-refractivity contribution >= 4 is 16.2 Å². The minimum atomic E-state index is -0.860. The molecule has 0 unspecified atom stereocenters. The third kappa shape index (κ3) is 1.61. The van der Waals surface area contributed by atoms with Gasteiger partial charge in [-0.05, 0) is 18.2 Å². The molecule has 0 atom stereocenters. The molecule has 3 rings (SSSR count). The van der Waals surface area contributed by atoms with Gasteiger partial charge in [0.2, 0.25) is 0 Å². The summed E-state index contributed by atoms with van der Waals surface area (Å²) in [5.41, 5.74) is 6.98. The van der Waals surface area contributed by atoms with E-state index in [0.717, 1.165) is 16.6 Å². The molecule has 3 nitrogen and oxygen atoms in total. The van der Waals surface area contributed by atoms with Crippen LogP contribution in [0.15, 0.2) is 29.8 Å². The topological polar surface area (TPSA) is 43.3 Å². The number of nitrogens with zero attached hydrogens (tertiary/aromatic N) is 2. The van der Waals surface area contributed by atoms with Gasteiger partial charge in [0.05, 0.1) is 18.4 Å². The van der Waals surface area contributed by atoms with Gasteiger partial charge in [-0.3, -0.25) is 4.40 Å². The number of fused-ring (bicyclic) bond motifs is 1. The van der Waals surface area contributed by atoms with Crippen LogP contribution in [0.3, 0.4) is 0 Å². The second kappa shape index (κ2) is 4.15. The van der Waals surface area contributed by atoms with Crippen molar-refractivity contribution in [1.82, 2.24) is 9.38 Å². The average Bonchev–Trinajstić information content (AvgIpc) is 2.93. The molecular weight excluding hydrogens is 256 g/mol. The van der Waals surface area contributed by atoms with Gasteiger partial charge in [-0.1, -0.05) is 0 Å². The third-order valence-corrected chi connectivity index (χ3v) is 3.60. The molecule has 2 heterocycles. The molecule has 0 amide bonds. The lowest BCUT2D eigenvalue weighted by Crippen LogP contribution is -2.03. The lowest BCUT2D eigenvalue weighted by Gasteiger charge is -2.03. The van der Waals surface area contributed by atoms with E-state index in [1.165, 1.54) is 17.4 Å². The fraction of sp³-hybridized carbons (Fsp3) is 0.0833. The molecule has 1 aromatic carbocycles. The van der Waals surface area contributed by atoms with Crippen LogP contribution in [0.4, 0.5) is 8.78 Å². The number of rotatable bonds is 2. The summed E-state index contributed by atoms with van der Waals surface area (Å²) in [5.74, 6) is -1.01. The largest absolute Gasteiger partial charge is 0.324 e. The Morgan fingerprint density at radius 1 is 1.28 bits per heavy atom. The molecule has 0 aliphatic heterocycles. The highest BCUT2D eigenvalue weighted by Crippen LogP contribution is 2.28. The van der Waals surface area contributed by atoms with E-state index in [1.807, 2.05) is 9.78 Å². The molecule has 92 valence electrons. The van der Waals surface area contributed by atoms with Crippen LogP contribution in [0.25, 0.3) is 16.1 Å². The standard InChI is InChI=1S/C12H9F2N3S/c13-8-2-1-7(3-9(8)14)10-6-18-12-5-16-11(4-15)17(10)12/h1-3,5-6H,4,15H2. The van der Waals surface area contributed by atoms with Crippen molar-refractivity contribution in [2.75, 3.05) is 0 Å². The number of hydrogen-bond donors (Lipinski definition) is 1. The van der Waals surface area contributed by atoms with Gasteiger partial charge in [0, 0.05) is 10.9 Å². The normalized spacial score (nSPS) is 11.3. The molecule has 0 aliphatic carbocycles. The van der Waals surface area contributed by atoms with Gasteiger partial charge in [-0.25, -0.2) is 13.8 Å². The second-order valence-corrected chi connectivity index (χ2v) is 4.69. The zero-order valence-corrected chi connectivity index (χ0v) is 10.0. The second-order valence-electron chi connectivity index (χ2n) is 3.80. The molecule has 0 radical (unpaired) electrons. The van der Waals surface area contributed by atoms with Crippen molar-refractivity contribution in [2.45, 2.75) is 6.54 Å². The summed E-state index contributed by atoms with van der Waals surface area (Å²) >= 11 is 1.48. The Balaban J connectivity index is 2.24. The van der Waals surface area contributed by atoms with E-state index in [-0.39, 0.29) is 0 Å². The summed E-state index contributed by atoms with van der Waals surface area (Å²) in [7, 11) is 0. The first-order valence-electron chi connectivity index (χ1n) is 5.30. The quantitative estimate of drug-likeness (QED) is 0.774. The lowest BCUT2D eigenvalue weighted by molar-refractivity contribution is 0.509. The Bertz CT molecular complexity index is 717. The van der Waals surface area contributed by atoms with Crippen molar-refractivity contribution in [3.8, 4) is 11.3 Å². The van der Waals surface area contributed by atoms with Crippen molar-refractivity contribution < 1.29 is 8.78 Å². The first-order valence-corrected chi connectivity index (χ1v) is 6.18. The molecular formula is C12H9F2N3S. The molecule has 2 aromatic heterocycles. The Hall–Kier alpha value is -1.79. The number of benzene rings is 1. The van der Waals surface area contributed by atoms with E-state index in [2.05, 4.69) is 4.98 Å². The summed E-state index contributed by atoms with van der Waals surface area (Å²) in [6, 6.07) is 3.84. The van der Waals surface area contributed by atoms with Gasteiger partial charge in [0.25, 0.3) is 0 Å². The SMILES string of the molecule is NCc1ncc2scc(-c3ccc(F)c(F)c3)n12. The van der Waals surface area contributed by atoms with Crippen LogP contribution in [0.5, 0.6) is 0 Å². The summed E-state index contributed by atoms with van der Waals surface area (Å²) in [4.78, 5) is 5.11. The van der Waals surface area contributed by atoms with Crippen LogP contribution in [0.1, 0.15) is 5.82 Å². The van der Waals surface area contributed by atoms with Gasteiger partial charge >= 0.3 is 0 Å². The molecule has 0 aliphatic rings. The first-order chi connectivity index (χ1) is 8.70. The summed E-state index contributed by atoms with van der Waals surface area (Å²) < 4.78 is 28.0. The zero-order chi connectivity index (χ0) is 12.7. The minimum Gasteiger partial charge on any atom is -0.324 e. The Morgan fingerprint density at radius 3 is 2.83 bits per heavy atom. The Labute approximate surface area is 106 Å². The third-order valence-electron chi connectivity index (χ3n) is 2.73. The Morgan fingerprint density at radius 2 is 2.11 bits per heavy atom. The molecule has 6 heteroatoms. The lowest BCUT2D eigenvalue weighted by atomic mass is 10.1. The monoisotopic (exact) mass is 265 g/mol. The van der Waals surface area contributed by atoms with Gasteiger partial charge in [-0.2, -0.15) is 0 Å². The fourth-order valence-electron chi connectivity index (χ4n) is 1.88. The van der Waals surface area contributed by atoms with E-state index in [0.29, 0.717) is 17.9 Å². The highest BCUT2D eigenvalue weighted by molar-refractivity contribution is 7.15. The van der Waals surface area contributed by atoms with E-state index in [9.17, 15) is 8.78 Å². The number of imidazole rings is 1. The van der Waals surface area contributed by atoms with Crippen molar-refractivity contribution in [3.05, 3.63) is 47.2 Å². The van der Waals surface area contributed by atoms with Crippen LogP contribution in [0.2, 0.25) is 0 Å². The van der Waals surface area contributed by atoms with Gasteiger partial charge in [0.1, 0.15) is 10.7 Å². The van der Waals surface area contributed by atoms with E-state index in [4.69, 9.17) is 5.73 Å². The molecule has 0 saturated carbocycles. The summed E-state index contributed by atoms with van der Waals surface area (Å²) in [6.45, 7) is 0.293.